The average Bonchev–Trinajstić information content (AvgIpc) is 3.23. The van der Waals surface area contributed by atoms with Crippen molar-refractivity contribution in [3.05, 3.63) is 41.3 Å². The maximum absolute atomic E-state index is 5.62. The van der Waals surface area contributed by atoms with Crippen molar-refractivity contribution in [3.63, 3.8) is 0 Å². The Hall–Kier alpha value is -2.01. The molecule has 130 valence electrons. The number of benzene rings is 1. The zero-order valence-electron chi connectivity index (χ0n) is 14.9. The Morgan fingerprint density at radius 2 is 2.00 bits per heavy atom. The second-order valence-electron chi connectivity index (χ2n) is 6.63. The molecule has 0 aliphatic carbocycles. The van der Waals surface area contributed by atoms with E-state index in [0.29, 0.717) is 12.0 Å². The molecule has 3 rings (SSSR count). The number of hydrogen-bond donors (Lipinski definition) is 0. The largest absolute Gasteiger partial charge is 0.493 e. The normalized spacial score (nSPS) is 18.3. The molecule has 5 nitrogen and oxygen atoms in total. The van der Waals surface area contributed by atoms with Crippen molar-refractivity contribution < 1.29 is 14.0 Å². The molecule has 0 saturated carbocycles. The summed E-state index contributed by atoms with van der Waals surface area (Å²) in [6.07, 6.45) is 2.29. The Morgan fingerprint density at radius 1 is 1.21 bits per heavy atom. The first-order valence-corrected chi connectivity index (χ1v) is 8.53. The number of aromatic nitrogens is 1. The van der Waals surface area contributed by atoms with Gasteiger partial charge in [0.1, 0.15) is 0 Å². The van der Waals surface area contributed by atoms with Crippen LogP contribution >= 0.6 is 0 Å². The highest BCUT2D eigenvalue weighted by atomic mass is 16.5. The van der Waals surface area contributed by atoms with E-state index >= 15 is 0 Å². The van der Waals surface area contributed by atoms with Gasteiger partial charge in [0.2, 0.25) is 0 Å². The fraction of sp³-hybridized carbons (Fsp3) is 0.526. The van der Waals surface area contributed by atoms with Gasteiger partial charge < -0.3 is 14.0 Å². The van der Waals surface area contributed by atoms with E-state index in [2.05, 4.69) is 36.0 Å². The Labute approximate surface area is 143 Å². The van der Waals surface area contributed by atoms with Crippen LogP contribution in [-0.2, 0) is 6.54 Å². The summed E-state index contributed by atoms with van der Waals surface area (Å²) in [4.78, 5) is 2.45. The third-order valence-electron chi connectivity index (χ3n) is 4.66. The van der Waals surface area contributed by atoms with Gasteiger partial charge in [-0.05, 0) is 43.0 Å². The molecule has 1 aliphatic heterocycles. The van der Waals surface area contributed by atoms with Gasteiger partial charge in [0.15, 0.2) is 17.3 Å². The molecular formula is C19H26N2O3. The third-order valence-corrected chi connectivity index (χ3v) is 4.66. The Morgan fingerprint density at radius 3 is 2.67 bits per heavy atom. The summed E-state index contributed by atoms with van der Waals surface area (Å²) in [5, 5.41) is 4.21. The lowest BCUT2D eigenvalue weighted by Crippen LogP contribution is -2.22. The number of methoxy groups -OCH3 is 2. The molecule has 0 N–H and O–H groups in total. The van der Waals surface area contributed by atoms with Crippen LogP contribution in [0.4, 0.5) is 0 Å². The van der Waals surface area contributed by atoms with E-state index in [1.807, 2.05) is 12.1 Å². The summed E-state index contributed by atoms with van der Waals surface area (Å²) in [5.41, 5.74) is 2.24. The Bertz CT molecular complexity index is 681. The third kappa shape index (κ3) is 3.41. The first-order chi connectivity index (χ1) is 11.6. The summed E-state index contributed by atoms with van der Waals surface area (Å²) in [6, 6.07) is 8.52. The fourth-order valence-electron chi connectivity index (χ4n) is 3.28. The lowest BCUT2D eigenvalue weighted by molar-refractivity contribution is 0.206. The molecule has 0 radical (unpaired) electrons. The molecule has 1 aliphatic rings. The highest BCUT2D eigenvalue weighted by Gasteiger charge is 2.29. The van der Waals surface area contributed by atoms with E-state index in [4.69, 9.17) is 14.0 Å². The van der Waals surface area contributed by atoms with E-state index in [0.717, 1.165) is 42.5 Å². The zero-order valence-corrected chi connectivity index (χ0v) is 14.9. The molecule has 2 aromatic rings. The molecule has 1 aromatic carbocycles. The predicted octanol–water partition coefficient (Wildman–Crippen LogP) is 4.15. The summed E-state index contributed by atoms with van der Waals surface area (Å²) in [7, 11) is 3.33. The van der Waals surface area contributed by atoms with E-state index in [9.17, 15) is 0 Å². The number of hydrogen-bond acceptors (Lipinski definition) is 5. The van der Waals surface area contributed by atoms with Gasteiger partial charge >= 0.3 is 0 Å². The standard InChI is InChI=1S/C19H26N2O3/c1-13(2)15-11-18(24-20-15)16-6-5-9-21(16)12-14-7-8-17(22-3)19(10-14)23-4/h7-8,10-11,13,16H,5-6,9,12H2,1-4H3/t16-/m1/s1. The zero-order chi connectivity index (χ0) is 17.1. The quantitative estimate of drug-likeness (QED) is 0.796. The molecule has 1 saturated heterocycles. The second-order valence-corrected chi connectivity index (χ2v) is 6.63. The lowest BCUT2D eigenvalue weighted by Gasteiger charge is -2.22. The predicted molar refractivity (Wildman–Crippen MR) is 92.5 cm³/mol. The highest BCUT2D eigenvalue weighted by Crippen LogP contribution is 2.35. The minimum atomic E-state index is 0.304. The molecule has 0 unspecified atom stereocenters. The number of rotatable bonds is 6. The van der Waals surface area contributed by atoms with Crippen molar-refractivity contribution in [3.8, 4) is 11.5 Å². The van der Waals surface area contributed by atoms with Crippen LogP contribution in [0.3, 0.4) is 0 Å². The smallest absolute Gasteiger partial charge is 0.161 e. The molecule has 0 spiro atoms. The van der Waals surface area contributed by atoms with Crippen LogP contribution in [0.1, 0.15) is 55.7 Å². The van der Waals surface area contributed by atoms with Crippen LogP contribution in [0.25, 0.3) is 0 Å². The molecule has 0 amide bonds. The highest BCUT2D eigenvalue weighted by molar-refractivity contribution is 5.42. The van der Waals surface area contributed by atoms with Gasteiger partial charge in [0.05, 0.1) is 26.0 Å². The summed E-state index contributed by atoms with van der Waals surface area (Å²) in [6.45, 7) is 6.20. The second kappa shape index (κ2) is 7.26. The monoisotopic (exact) mass is 330 g/mol. The van der Waals surface area contributed by atoms with Crippen molar-refractivity contribution in [2.75, 3.05) is 20.8 Å². The van der Waals surface area contributed by atoms with Crippen LogP contribution in [0.5, 0.6) is 11.5 Å². The van der Waals surface area contributed by atoms with Crippen LogP contribution in [-0.4, -0.2) is 30.8 Å². The van der Waals surface area contributed by atoms with Crippen LogP contribution in [0.15, 0.2) is 28.8 Å². The Balaban J connectivity index is 1.76. The number of ether oxygens (including phenoxy) is 2. The van der Waals surface area contributed by atoms with Crippen LogP contribution in [0, 0.1) is 0 Å². The minimum Gasteiger partial charge on any atom is -0.493 e. The summed E-state index contributed by atoms with van der Waals surface area (Å²) >= 11 is 0. The van der Waals surface area contributed by atoms with Gasteiger partial charge in [-0.1, -0.05) is 25.1 Å². The first-order valence-electron chi connectivity index (χ1n) is 8.53. The van der Waals surface area contributed by atoms with Gasteiger partial charge in [0.25, 0.3) is 0 Å². The molecule has 1 atom stereocenters. The summed E-state index contributed by atoms with van der Waals surface area (Å²) < 4.78 is 16.3. The van der Waals surface area contributed by atoms with Crippen LogP contribution in [0.2, 0.25) is 0 Å². The number of nitrogens with zero attached hydrogens (tertiary/aromatic N) is 2. The van der Waals surface area contributed by atoms with Gasteiger partial charge in [-0.3, -0.25) is 4.90 Å². The summed E-state index contributed by atoms with van der Waals surface area (Å²) in [5.74, 6) is 2.91. The van der Waals surface area contributed by atoms with Crippen molar-refractivity contribution in [1.29, 1.82) is 0 Å². The SMILES string of the molecule is COc1ccc(CN2CCC[C@@H]2c2cc(C(C)C)no2)cc1OC. The van der Waals surface area contributed by atoms with Gasteiger partial charge in [-0.2, -0.15) is 0 Å². The van der Waals surface area contributed by atoms with Crippen molar-refractivity contribution in [1.82, 2.24) is 10.1 Å². The lowest BCUT2D eigenvalue weighted by atomic mass is 10.1. The molecule has 1 fully saturated rings. The van der Waals surface area contributed by atoms with Crippen molar-refractivity contribution in [2.45, 2.75) is 45.2 Å². The molecule has 5 heteroatoms. The van der Waals surface area contributed by atoms with Gasteiger partial charge in [-0.25, -0.2) is 0 Å². The first kappa shape index (κ1) is 16.8. The fourth-order valence-corrected chi connectivity index (χ4v) is 3.28. The van der Waals surface area contributed by atoms with Crippen molar-refractivity contribution >= 4 is 0 Å². The van der Waals surface area contributed by atoms with Crippen LogP contribution < -0.4 is 9.47 Å². The average molecular weight is 330 g/mol. The minimum absolute atomic E-state index is 0.304. The molecular weight excluding hydrogens is 304 g/mol. The van der Waals surface area contributed by atoms with E-state index in [-0.39, 0.29) is 0 Å². The van der Waals surface area contributed by atoms with E-state index in [1.165, 1.54) is 12.0 Å². The number of likely N-dealkylation sites (tertiary alicyclic amines) is 1. The Kier molecular flexibility index (Phi) is 5.09. The molecule has 24 heavy (non-hydrogen) atoms. The van der Waals surface area contributed by atoms with Gasteiger partial charge in [-0.15, -0.1) is 0 Å². The van der Waals surface area contributed by atoms with Crippen molar-refractivity contribution in [2.24, 2.45) is 0 Å². The van der Waals surface area contributed by atoms with Gasteiger partial charge in [0, 0.05) is 12.6 Å². The topological polar surface area (TPSA) is 47.7 Å². The maximum Gasteiger partial charge on any atom is 0.161 e. The van der Waals surface area contributed by atoms with E-state index in [1.54, 1.807) is 14.2 Å². The maximum atomic E-state index is 5.62. The molecule has 0 bridgehead atoms. The molecule has 1 aromatic heterocycles. The molecule has 2 heterocycles. The van der Waals surface area contributed by atoms with E-state index < -0.39 is 0 Å².